The standard InChI is InChI=1S/C24H28F3N7O/c1-4-32-9-8-18(17(25)12-32)29-24-30-23(35-3)22-16(7-10-34(22)31-24)15-5-6-19-20(11-15)33(13-21(26)27)14(2)28-19/h5-7,10-11,17-18,21H,4,8-9,12-13H2,1-3H3,(H,29,31)/t17-,18+/m1/s1. The molecule has 1 fully saturated rings. The summed E-state index contributed by atoms with van der Waals surface area (Å²) in [6.45, 7) is 5.34. The summed E-state index contributed by atoms with van der Waals surface area (Å²) < 4.78 is 49.7. The van der Waals surface area contributed by atoms with Gasteiger partial charge in [0.1, 0.15) is 17.5 Å². The van der Waals surface area contributed by atoms with E-state index in [0.29, 0.717) is 41.2 Å². The average molecular weight is 488 g/mol. The van der Waals surface area contributed by atoms with Gasteiger partial charge in [-0.2, -0.15) is 4.98 Å². The van der Waals surface area contributed by atoms with Crippen LogP contribution in [0.25, 0.3) is 27.7 Å². The lowest BCUT2D eigenvalue weighted by Crippen LogP contribution is -2.47. The van der Waals surface area contributed by atoms with E-state index in [4.69, 9.17) is 4.74 Å². The summed E-state index contributed by atoms with van der Waals surface area (Å²) in [7, 11) is 1.52. The molecule has 1 saturated heterocycles. The van der Waals surface area contributed by atoms with E-state index in [9.17, 15) is 13.2 Å². The first-order chi connectivity index (χ1) is 16.9. The van der Waals surface area contributed by atoms with E-state index < -0.39 is 19.1 Å². The Bertz CT molecular complexity index is 1350. The summed E-state index contributed by atoms with van der Waals surface area (Å²) in [4.78, 5) is 11.0. The number of alkyl halides is 3. The molecular weight excluding hydrogens is 459 g/mol. The Hall–Kier alpha value is -3.34. The SMILES string of the molecule is CCN1CC[C@H](Nc2nc(OC)c3c(-c4ccc5nc(C)n(CC(F)F)c5c4)ccn3n2)[C@H](F)C1. The second kappa shape index (κ2) is 9.37. The van der Waals surface area contributed by atoms with Crippen LogP contribution in [-0.2, 0) is 6.54 Å². The molecule has 4 aromatic rings. The molecule has 0 unspecified atom stereocenters. The third-order valence-corrected chi connectivity index (χ3v) is 6.63. The highest BCUT2D eigenvalue weighted by atomic mass is 19.3. The first-order valence-electron chi connectivity index (χ1n) is 11.7. The molecule has 3 aromatic heterocycles. The van der Waals surface area contributed by atoms with Crippen molar-refractivity contribution in [3.8, 4) is 17.0 Å². The molecule has 4 heterocycles. The minimum absolute atomic E-state index is 0.287. The normalized spacial score (nSPS) is 19.2. The molecule has 186 valence electrons. The zero-order valence-corrected chi connectivity index (χ0v) is 19.9. The van der Waals surface area contributed by atoms with Crippen molar-refractivity contribution in [2.75, 3.05) is 32.1 Å². The number of benzene rings is 1. The monoisotopic (exact) mass is 487 g/mol. The van der Waals surface area contributed by atoms with Gasteiger partial charge in [-0.1, -0.05) is 13.0 Å². The fourth-order valence-corrected chi connectivity index (χ4v) is 4.79. The first-order valence-corrected chi connectivity index (χ1v) is 11.7. The molecule has 1 aromatic carbocycles. The maximum Gasteiger partial charge on any atom is 0.256 e. The van der Waals surface area contributed by atoms with Gasteiger partial charge in [0.25, 0.3) is 6.43 Å². The zero-order chi connectivity index (χ0) is 24.7. The molecule has 11 heteroatoms. The third kappa shape index (κ3) is 4.40. The van der Waals surface area contributed by atoms with Crippen molar-refractivity contribution in [1.29, 1.82) is 0 Å². The molecule has 1 N–H and O–H groups in total. The van der Waals surface area contributed by atoms with Gasteiger partial charge in [-0.05, 0) is 43.7 Å². The number of likely N-dealkylation sites (tertiary alicyclic amines) is 1. The van der Waals surface area contributed by atoms with Crippen LogP contribution in [0.5, 0.6) is 5.88 Å². The van der Waals surface area contributed by atoms with E-state index >= 15 is 0 Å². The topological polar surface area (TPSA) is 72.5 Å². The van der Waals surface area contributed by atoms with Crippen LogP contribution >= 0.6 is 0 Å². The largest absolute Gasteiger partial charge is 0.479 e. The van der Waals surface area contributed by atoms with E-state index in [-0.39, 0.29) is 12.0 Å². The second-order valence-corrected chi connectivity index (χ2v) is 8.78. The number of nitrogens with zero attached hydrogens (tertiary/aromatic N) is 6. The molecule has 0 spiro atoms. The van der Waals surface area contributed by atoms with E-state index in [1.165, 1.54) is 11.7 Å². The van der Waals surface area contributed by atoms with E-state index in [1.54, 1.807) is 17.6 Å². The van der Waals surface area contributed by atoms with Gasteiger partial charge < -0.3 is 19.5 Å². The summed E-state index contributed by atoms with van der Waals surface area (Å²) in [5, 5.41) is 7.67. The van der Waals surface area contributed by atoms with E-state index in [0.717, 1.165) is 24.2 Å². The molecular formula is C24H28F3N7O. The lowest BCUT2D eigenvalue weighted by molar-refractivity contribution is 0.127. The Morgan fingerprint density at radius 3 is 2.77 bits per heavy atom. The van der Waals surface area contributed by atoms with Crippen LogP contribution in [0.4, 0.5) is 19.1 Å². The molecule has 8 nitrogen and oxygen atoms in total. The highest BCUT2D eigenvalue weighted by Gasteiger charge is 2.29. The maximum atomic E-state index is 14.7. The number of ether oxygens (including phenoxy) is 1. The number of aromatic nitrogens is 5. The predicted molar refractivity (Wildman–Crippen MR) is 128 cm³/mol. The molecule has 0 saturated carbocycles. The van der Waals surface area contributed by atoms with E-state index in [2.05, 4.69) is 25.3 Å². The van der Waals surface area contributed by atoms with Crippen molar-refractivity contribution in [3.63, 3.8) is 0 Å². The molecule has 0 radical (unpaired) electrons. The number of hydrogen-bond donors (Lipinski definition) is 1. The number of fused-ring (bicyclic) bond motifs is 2. The Labute approximate surface area is 200 Å². The fraction of sp³-hybridized carbons (Fsp3) is 0.458. The minimum Gasteiger partial charge on any atom is -0.479 e. The van der Waals surface area contributed by atoms with Crippen LogP contribution in [-0.4, -0.2) is 74.4 Å². The Morgan fingerprint density at radius 2 is 2.06 bits per heavy atom. The molecule has 0 amide bonds. The third-order valence-electron chi connectivity index (χ3n) is 6.63. The molecule has 2 atom stereocenters. The van der Waals surface area contributed by atoms with Crippen molar-refractivity contribution < 1.29 is 17.9 Å². The predicted octanol–water partition coefficient (Wildman–Crippen LogP) is 4.17. The highest BCUT2D eigenvalue weighted by Crippen LogP contribution is 2.33. The minimum atomic E-state index is -2.48. The number of halogens is 3. The molecule has 5 rings (SSSR count). The quantitative estimate of drug-likeness (QED) is 0.422. The number of hydrogen-bond acceptors (Lipinski definition) is 6. The van der Waals surface area contributed by atoms with Gasteiger partial charge in [-0.25, -0.2) is 22.7 Å². The second-order valence-electron chi connectivity index (χ2n) is 8.78. The number of rotatable bonds is 7. The van der Waals surface area contributed by atoms with Gasteiger partial charge in [0.15, 0.2) is 0 Å². The van der Waals surface area contributed by atoms with Gasteiger partial charge in [0, 0.05) is 24.8 Å². The number of aryl methyl sites for hydroxylation is 1. The summed E-state index contributed by atoms with van der Waals surface area (Å²) in [6, 6.07) is 7.04. The Morgan fingerprint density at radius 1 is 1.23 bits per heavy atom. The summed E-state index contributed by atoms with van der Waals surface area (Å²) >= 11 is 0. The lowest BCUT2D eigenvalue weighted by Gasteiger charge is -2.34. The smallest absolute Gasteiger partial charge is 0.256 e. The van der Waals surface area contributed by atoms with Crippen molar-refractivity contribution in [2.24, 2.45) is 0 Å². The van der Waals surface area contributed by atoms with Crippen LogP contribution in [0.3, 0.4) is 0 Å². The molecule has 0 aliphatic carbocycles. The van der Waals surface area contributed by atoms with Gasteiger partial charge in [-0.3, -0.25) is 0 Å². The van der Waals surface area contributed by atoms with Crippen LogP contribution in [0.15, 0.2) is 30.5 Å². The van der Waals surface area contributed by atoms with Crippen molar-refractivity contribution in [1.82, 2.24) is 29.0 Å². The maximum absolute atomic E-state index is 14.7. The number of imidazole rings is 1. The molecule has 35 heavy (non-hydrogen) atoms. The van der Waals surface area contributed by atoms with Gasteiger partial charge >= 0.3 is 0 Å². The molecule has 1 aliphatic heterocycles. The van der Waals surface area contributed by atoms with Crippen LogP contribution in [0.1, 0.15) is 19.2 Å². The lowest BCUT2D eigenvalue weighted by atomic mass is 10.0. The van der Waals surface area contributed by atoms with Crippen molar-refractivity contribution in [2.45, 2.75) is 45.5 Å². The highest BCUT2D eigenvalue weighted by molar-refractivity contribution is 5.89. The van der Waals surface area contributed by atoms with E-state index in [1.807, 2.05) is 31.2 Å². The van der Waals surface area contributed by atoms with Crippen molar-refractivity contribution in [3.05, 3.63) is 36.3 Å². The molecule has 0 bridgehead atoms. The van der Waals surface area contributed by atoms with Crippen LogP contribution in [0, 0.1) is 6.92 Å². The van der Waals surface area contributed by atoms with Gasteiger partial charge in [-0.15, -0.1) is 5.10 Å². The zero-order valence-electron chi connectivity index (χ0n) is 19.9. The Kier molecular flexibility index (Phi) is 6.26. The molecule has 1 aliphatic rings. The number of nitrogens with one attached hydrogen (secondary N) is 1. The number of piperidine rings is 1. The van der Waals surface area contributed by atoms with Crippen molar-refractivity contribution >= 4 is 22.5 Å². The summed E-state index contributed by atoms with van der Waals surface area (Å²) in [6.07, 6.45) is -1.08. The number of anilines is 1. The van der Waals surface area contributed by atoms with Gasteiger partial charge in [0.05, 0.1) is 30.7 Å². The first kappa shape index (κ1) is 23.4. The van der Waals surface area contributed by atoms with Crippen LogP contribution < -0.4 is 10.1 Å². The Balaban J connectivity index is 1.50. The van der Waals surface area contributed by atoms with Crippen LogP contribution in [0.2, 0.25) is 0 Å². The summed E-state index contributed by atoms with van der Waals surface area (Å²) in [5.41, 5.74) is 3.50. The fourth-order valence-electron chi connectivity index (χ4n) is 4.79. The summed E-state index contributed by atoms with van der Waals surface area (Å²) in [5.74, 6) is 1.16. The van der Waals surface area contributed by atoms with Gasteiger partial charge in [0.2, 0.25) is 11.8 Å². The number of methoxy groups -OCH3 is 1. The average Bonchev–Trinajstić information content (AvgIpc) is 3.40.